The molecule has 2 rings (SSSR count). The van der Waals surface area contributed by atoms with Gasteiger partial charge in [-0.05, 0) is 31.5 Å². The van der Waals surface area contributed by atoms with Crippen LogP contribution in [0.3, 0.4) is 0 Å². The van der Waals surface area contributed by atoms with Crippen molar-refractivity contribution in [1.82, 2.24) is 9.62 Å². The van der Waals surface area contributed by atoms with Gasteiger partial charge in [-0.25, -0.2) is 8.42 Å². The van der Waals surface area contributed by atoms with E-state index in [2.05, 4.69) is 5.32 Å². The summed E-state index contributed by atoms with van der Waals surface area (Å²) in [5, 5.41) is 3.67. The highest BCUT2D eigenvalue weighted by atomic mass is 35.5. The summed E-state index contributed by atoms with van der Waals surface area (Å²) in [6.07, 6.45) is 0. The minimum atomic E-state index is -3.46. The molecule has 1 aromatic carbocycles. The fraction of sp³-hybridized carbons (Fsp3) is 0.500. The summed E-state index contributed by atoms with van der Waals surface area (Å²) in [5.74, 6) is 0. The van der Waals surface area contributed by atoms with Crippen molar-refractivity contribution in [3.63, 3.8) is 0 Å². The van der Waals surface area contributed by atoms with Gasteiger partial charge in [0.25, 0.3) is 0 Å². The van der Waals surface area contributed by atoms with Gasteiger partial charge in [-0.3, -0.25) is 0 Å². The molecule has 0 aromatic heterocycles. The van der Waals surface area contributed by atoms with Crippen LogP contribution in [0, 0.1) is 6.92 Å². The lowest BCUT2D eigenvalue weighted by Crippen LogP contribution is -2.52. The number of nitrogens with zero attached hydrogens (tertiary/aromatic N) is 1. The highest BCUT2D eigenvalue weighted by Crippen LogP contribution is 2.26. The Hall–Kier alpha value is -0.330. The topological polar surface area (TPSA) is 49.4 Å². The van der Waals surface area contributed by atoms with Crippen molar-refractivity contribution in [2.75, 3.05) is 19.6 Å². The molecule has 7 heteroatoms. The van der Waals surface area contributed by atoms with Crippen LogP contribution < -0.4 is 5.32 Å². The summed E-state index contributed by atoms with van der Waals surface area (Å²) in [5.41, 5.74) is 0.616. The zero-order valence-corrected chi connectivity index (χ0v) is 13.3. The highest BCUT2D eigenvalue weighted by Gasteiger charge is 2.32. The molecule has 1 aliphatic rings. The summed E-state index contributed by atoms with van der Waals surface area (Å²) in [4.78, 5) is 0.309. The number of rotatable bonds is 2. The molecule has 1 heterocycles. The van der Waals surface area contributed by atoms with Crippen LogP contribution in [0.2, 0.25) is 5.02 Å². The van der Waals surface area contributed by atoms with Crippen molar-refractivity contribution < 1.29 is 8.42 Å². The number of hydrogen-bond acceptors (Lipinski definition) is 3. The normalized spacial score (nSPS) is 20.9. The lowest BCUT2D eigenvalue weighted by Gasteiger charge is -2.33. The predicted octanol–water partition coefficient (Wildman–Crippen LogP) is 2.05. The van der Waals surface area contributed by atoms with E-state index in [0.717, 1.165) is 0 Å². The Balaban J connectivity index is 0.00000180. The van der Waals surface area contributed by atoms with E-state index in [-0.39, 0.29) is 18.4 Å². The van der Waals surface area contributed by atoms with Gasteiger partial charge in [0.05, 0.1) is 4.90 Å². The van der Waals surface area contributed by atoms with Gasteiger partial charge < -0.3 is 5.32 Å². The first-order chi connectivity index (χ1) is 8.44. The molecule has 0 spiro atoms. The van der Waals surface area contributed by atoms with E-state index in [1.807, 2.05) is 6.92 Å². The molecule has 108 valence electrons. The van der Waals surface area contributed by atoms with Crippen molar-refractivity contribution >= 4 is 34.0 Å². The lowest BCUT2D eigenvalue weighted by atomic mass is 10.2. The van der Waals surface area contributed by atoms with Crippen LogP contribution in [0.4, 0.5) is 0 Å². The van der Waals surface area contributed by atoms with Crippen molar-refractivity contribution in [2.24, 2.45) is 0 Å². The van der Waals surface area contributed by atoms with Crippen LogP contribution in [0.1, 0.15) is 12.5 Å². The van der Waals surface area contributed by atoms with Gasteiger partial charge in [0.15, 0.2) is 0 Å². The molecule has 0 aliphatic carbocycles. The van der Waals surface area contributed by atoms with Gasteiger partial charge in [0, 0.05) is 30.7 Å². The molecule has 1 fully saturated rings. The van der Waals surface area contributed by atoms with Gasteiger partial charge in [-0.1, -0.05) is 17.7 Å². The molecule has 0 bridgehead atoms. The molecule has 1 aliphatic heterocycles. The molecule has 4 nitrogen and oxygen atoms in total. The van der Waals surface area contributed by atoms with E-state index in [1.54, 1.807) is 29.4 Å². The van der Waals surface area contributed by atoms with E-state index >= 15 is 0 Å². The molecular formula is C12H18Cl2N2O2S. The van der Waals surface area contributed by atoms with Crippen LogP contribution >= 0.6 is 24.0 Å². The molecule has 1 N–H and O–H groups in total. The first-order valence-electron chi connectivity index (χ1n) is 5.92. The maximum atomic E-state index is 12.6. The van der Waals surface area contributed by atoms with E-state index in [4.69, 9.17) is 11.6 Å². The summed E-state index contributed by atoms with van der Waals surface area (Å²) in [6, 6.07) is 4.96. The standard InChI is InChI=1S/C12H17ClN2O2S.ClH/c1-9-8-14-6-7-15(9)18(16,17)12-5-3-4-11(13)10(12)2;/h3-5,9,14H,6-8H2,1-2H3;1H. The Morgan fingerprint density at radius 2 is 2.11 bits per heavy atom. The third-order valence-electron chi connectivity index (χ3n) is 3.24. The zero-order valence-electron chi connectivity index (χ0n) is 10.9. The van der Waals surface area contributed by atoms with Crippen LogP contribution in [-0.2, 0) is 10.0 Å². The lowest BCUT2D eigenvalue weighted by molar-refractivity contribution is 0.283. The van der Waals surface area contributed by atoms with Crippen molar-refractivity contribution in [2.45, 2.75) is 24.8 Å². The number of nitrogens with one attached hydrogen (secondary N) is 1. The monoisotopic (exact) mass is 324 g/mol. The maximum Gasteiger partial charge on any atom is 0.243 e. The number of hydrogen-bond donors (Lipinski definition) is 1. The third kappa shape index (κ3) is 3.23. The Kier molecular flexibility index (Phi) is 5.65. The predicted molar refractivity (Wildman–Crippen MR) is 79.7 cm³/mol. The summed E-state index contributed by atoms with van der Waals surface area (Å²) >= 11 is 6.00. The van der Waals surface area contributed by atoms with Crippen LogP contribution in [-0.4, -0.2) is 38.4 Å². The molecular weight excluding hydrogens is 307 g/mol. The van der Waals surface area contributed by atoms with Crippen molar-refractivity contribution in [1.29, 1.82) is 0 Å². The van der Waals surface area contributed by atoms with Gasteiger partial charge in [-0.2, -0.15) is 4.31 Å². The quantitative estimate of drug-likeness (QED) is 0.905. The second-order valence-electron chi connectivity index (χ2n) is 4.53. The highest BCUT2D eigenvalue weighted by molar-refractivity contribution is 7.89. The molecule has 19 heavy (non-hydrogen) atoms. The second kappa shape index (κ2) is 6.41. The van der Waals surface area contributed by atoms with Crippen LogP contribution in [0.15, 0.2) is 23.1 Å². The minimum absolute atomic E-state index is 0. The van der Waals surface area contributed by atoms with E-state index in [9.17, 15) is 8.42 Å². The zero-order chi connectivity index (χ0) is 13.3. The number of sulfonamides is 1. The minimum Gasteiger partial charge on any atom is -0.314 e. The molecule has 0 radical (unpaired) electrons. The van der Waals surface area contributed by atoms with Crippen LogP contribution in [0.25, 0.3) is 0 Å². The van der Waals surface area contributed by atoms with Gasteiger partial charge in [0.2, 0.25) is 10.0 Å². The van der Waals surface area contributed by atoms with Crippen molar-refractivity contribution in [3.05, 3.63) is 28.8 Å². The van der Waals surface area contributed by atoms with Gasteiger partial charge in [0.1, 0.15) is 0 Å². The average molecular weight is 325 g/mol. The smallest absolute Gasteiger partial charge is 0.243 e. The molecule has 1 saturated heterocycles. The summed E-state index contributed by atoms with van der Waals surface area (Å²) in [7, 11) is -3.46. The van der Waals surface area contributed by atoms with E-state index in [0.29, 0.717) is 35.1 Å². The van der Waals surface area contributed by atoms with Gasteiger partial charge >= 0.3 is 0 Å². The number of halogens is 2. The fourth-order valence-corrected chi connectivity index (χ4v) is 4.28. The van der Waals surface area contributed by atoms with E-state index < -0.39 is 10.0 Å². The molecule has 0 amide bonds. The van der Waals surface area contributed by atoms with Gasteiger partial charge in [-0.15, -0.1) is 12.4 Å². The van der Waals surface area contributed by atoms with Crippen molar-refractivity contribution in [3.8, 4) is 0 Å². The maximum absolute atomic E-state index is 12.6. The third-order valence-corrected chi connectivity index (χ3v) is 5.81. The second-order valence-corrected chi connectivity index (χ2v) is 6.80. The SMILES string of the molecule is Cc1c(Cl)cccc1S(=O)(=O)N1CCNCC1C.Cl. The molecule has 1 atom stereocenters. The largest absolute Gasteiger partial charge is 0.314 e. The summed E-state index contributed by atoms with van der Waals surface area (Å²) in [6.45, 7) is 5.50. The first-order valence-corrected chi connectivity index (χ1v) is 7.74. The van der Waals surface area contributed by atoms with E-state index in [1.165, 1.54) is 0 Å². The molecule has 1 aromatic rings. The Morgan fingerprint density at radius 3 is 2.74 bits per heavy atom. The molecule has 0 saturated carbocycles. The Morgan fingerprint density at radius 1 is 1.42 bits per heavy atom. The fourth-order valence-electron chi connectivity index (χ4n) is 2.17. The number of piperazine rings is 1. The number of benzene rings is 1. The molecule has 1 unspecified atom stereocenters. The average Bonchev–Trinajstić information content (AvgIpc) is 2.32. The van der Waals surface area contributed by atoms with Crippen LogP contribution in [0.5, 0.6) is 0 Å². The first kappa shape index (κ1) is 16.7. The Labute approximate surface area is 125 Å². The Bertz CT molecular complexity index is 549. The summed E-state index contributed by atoms with van der Waals surface area (Å²) < 4.78 is 26.8.